The van der Waals surface area contributed by atoms with E-state index in [1.807, 2.05) is 7.05 Å². The minimum absolute atomic E-state index is 0.0442. The Hall–Kier alpha value is -0.170. The predicted octanol–water partition coefficient (Wildman–Crippen LogP) is -1.01. The first-order valence-corrected chi connectivity index (χ1v) is 6.48. The Morgan fingerprint density at radius 2 is 2.00 bits per heavy atom. The van der Waals surface area contributed by atoms with Gasteiger partial charge in [0.15, 0.2) is 0 Å². The topological polar surface area (TPSA) is 69.6 Å². The lowest BCUT2D eigenvalue weighted by Gasteiger charge is -2.29. The minimum Gasteiger partial charge on any atom is -0.395 e. The first kappa shape index (κ1) is 11.9. The van der Waals surface area contributed by atoms with E-state index in [4.69, 9.17) is 5.11 Å². The van der Waals surface area contributed by atoms with Crippen LogP contribution in [0.25, 0.3) is 0 Å². The molecule has 14 heavy (non-hydrogen) atoms. The summed E-state index contributed by atoms with van der Waals surface area (Å²) in [5.74, 6) is -0.195. The van der Waals surface area contributed by atoms with Gasteiger partial charge in [-0.25, -0.2) is 13.1 Å². The number of nitrogens with one attached hydrogen (secondary N) is 1. The number of sulfonamides is 1. The van der Waals surface area contributed by atoms with Crippen LogP contribution in [0, 0.1) is 0 Å². The summed E-state index contributed by atoms with van der Waals surface area (Å²) in [6.07, 6.45) is 1.70. The van der Waals surface area contributed by atoms with E-state index in [0.717, 1.165) is 25.9 Å². The molecule has 0 amide bonds. The highest BCUT2D eigenvalue weighted by Crippen LogP contribution is 2.09. The maximum Gasteiger partial charge on any atom is 0.214 e. The van der Waals surface area contributed by atoms with E-state index >= 15 is 0 Å². The van der Waals surface area contributed by atoms with Crippen LogP contribution in [0.15, 0.2) is 0 Å². The Kier molecular flexibility index (Phi) is 4.31. The van der Waals surface area contributed by atoms with Gasteiger partial charge in [-0.05, 0) is 33.0 Å². The van der Waals surface area contributed by atoms with Crippen molar-refractivity contribution < 1.29 is 13.5 Å². The molecule has 1 aliphatic heterocycles. The minimum atomic E-state index is -3.27. The van der Waals surface area contributed by atoms with E-state index in [-0.39, 0.29) is 18.4 Å². The van der Waals surface area contributed by atoms with E-state index < -0.39 is 10.0 Å². The molecule has 0 saturated carbocycles. The predicted molar refractivity (Wildman–Crippen MR) is 54.5 cm³/mol. The fourth-order valence-electron chi connectivity index (χ4n) is 1.56. The summed E-state index contributed by atoms with van der Waals surface area (Å²) in [5, 5.41) is 8.55. The molecule has 0 aromatic rings. The Morgan fingerprint density at radius 3 is 2.50 bits per heavy atom. The molecule has 2 N–H and O–H groups in total. The second kappa shape index (κ2) is 5.06. The van der Waals surface area contributed by atoms with Crippen molar-refractivity contribution in [3.63, 3.8) is 0 Å². The fraction of sp³-hybridized carbons (Fsp3) is 1.00. The van der Waals surface area contributed by atoms with Gasteiger partial charge in [0.1, 0.15) is 0 Å². The van der Waals surface area contributed by atoms with Gasteiger partial charge in [0.05, 0.1) is 12.4 Å². The Balaban J connectivity index is 2.37. The third kappa shape index (κ3) is 3.91. The van der Waals surface area contributed by atoms with Gasteiger partial charge in [-0.3, -0.25) is 0 Å². The van der Waals surface area contributed by atoms with Gasteiger partial charge in [0.25, 0.3) is 0 Å². The summed E-state index contributed by atoms with van der Waals surface area (Å²) >= 11 is 0. The molecule has 0 atom stereocenters. The zero-order chi connectivity index (χ0) is 10.6. The number of rotatable bonds is 4. The Bertz CT molecular complexity index is 258. The van der Waals surface area contributed by atoms with Crippen molar-refractivity contribution in [2.75, 3.05) is 32.5 Å². The standard InChI is InChI=1S/C8H18N2O3S/c1-10-4-2-8(3-5-10)9-14(12,13)7-6-11/h8-9,11H,2-7H2,1H3. The number of hydrogen-bond acceptors (Lipinski definition) is 4. The van der Waals surface area contributed by atoms with E-state index in [1.54, 1.807) is 0 Å². The molecule has 1 saturated heterocycles. The maximum absolute atomic E-state index is 11.3. The molecule has 0 spiro atoms. The van der Waals surface area contributed by atoms with Gasteiger partial charge >= 0.3 is 0 Å². The first-order chi connectivity index (χ1) is 6.53. The highest BCUT2D eigenvalue weighted by atomic mass is 32.2. The molecular formula is C8H18N2O3S. The average Bonchev–Trinajstić information content (AvgIpc) is 2.08. The number of piperidine rings is 1. The van der Waals surface area contributed by atoms with Gasteiger partial charge in [0.2, 0.25) is 10.0 Å². The Labute approximate surface area is 85.2 Å². The van der Waals surface area contributed by atoms with Crippen LogP contribution in [-0.4, -0.2) is 57.0 Å². The van der Waals surface area contributed by atoms with Crippen molar-refractivity contribution >= 4 is 10.0 Å². The summed E-state index contributed by atoms with van der Waals surface area (Å²) in [6.45, 7) is 1.53. The van der Waals surface area contributed by atoms with Crippen molar-refractivity contribution in [1.29, 1.82) is 0 Å². The normalized spacial score (nSPS) is 21.3. The maximum atomic E-state index is 11.3. The van der Waals surface area contributed by atoms with Gasteiger partial charge in [-0.1, -0.05) is 0 Å². The average molecular weight is 222 g/mol. The van der Waals surface area contributed by atoms with Crippen LogP contribution in [0.5, 0.6) is 0 Å². The van der Waals surface area contributed by atoms with Crippen LogP contribution in [0.2, 0.25) is 0 Å². The number of likely N-dealkylation sites (tertiary alicyclic amines) is 1. The molecular weight excluding hydrogens is 204 g/mol. The number of nitrogens with zero attached hydrogens (tertiary/aromatic N) is 1. The van der Waals surface area contributed by atoms with E-state index in [2.05, 4.69) is 9.62 Å². The van der Waals surface area contributed by atoms with E-state index in [0.29, 0.717) is 0 Å². The van der Waals surface area contributed by atoms with Gasteiger partial charge in [-0.2, -0.15) is 0 Å². The van der Waals surface area contributed by atoms with Crippen molar-refractivity contribution in [3.8, 4) is 0 Å². The second-order valence-electron chi connectivity index (χ2n) is 3.74. The lowest BCUT2D eigenvalue weighted by atomic mass is 10.1. The molecule has 1 rings (SSSR count). The van der Waals surface area contributed by atoms with Crippen molar-refractivity contribution in [2.24, 2.45) is 0 Å². The van der Waals surface area contributed by atoms with E-state index in [9.17, 15) is 8.42 Å². The van der Waals surface area contributed by atoms with Crippen LogP contribution in [-0.2, 0) is 10.0 Å². The molecule has 0 bridgehead atoms. The third-order valence-corrected chi connectivity index (χ3v) is 3.84. The monoisotopic (exact) mass is 222 g/mol. The molecule has 0 aromatic heterocycles. The van der Waals surface area contributed by atoms with Crippen LogP contribution < -0.4 is 4.72 Å². The molecule has 0 aliphatic carbocycles. The van der Waals surface area contributed by atoms with Crippen LogP contribution >= 0.6 is 0 Å². The van der Waals surface area contributed by atoms with Crippen LogP contribution in [0.1, 0.15) is 12.8 Å². The lowest BCUT2D eigenvalue weighted by molar-refractivity contribution is 0.247. The molecule has 84 valence electrons. The van der Waals surface area contributed by atoms with Gasteiger partial charge < -0.3 is 10.0 Å². The molecule has 1 heterocycles. The number of hydrogen-bond donors (Lipinski definition) is 2. The first-order valence-electron chi connectivity index (χ1n) is 4.83. The largest absolute Gasteiger partial charge is 0.395 e. The quantitative estimate of drug-likeness (QED) is 0.639. The molecule has 0 aromatic carbocycles. The SMILES string of the molecule is CN1CCC(NS(=O)(=O)CCO)CC1. The lowest BCUT2D eigenvalue weighted by Crippen LogP contribution is -2.44. The second-order valence-corrected chi connectivity index (χ2v) is 5.61. The molecule has 0 unspecified atom stereocenters. The molecule has 5 nitrogen and oxygen atoms in total. The zero-order valence-electron chi connectivity index (χ0n) is 8.44. The highest BCUT2D eigenvalue weighted by molar-refractivity contribution is 7.89. The molecule has 0 radical (unpaired) electrons. The summed E-state index contributed by atoms with van der Waals surface area (Å²) in [4.78, 5) is 2.18. The fourth-order valence-corrected chi connectivity index (χ4v) is 2.66. The summed E-state index contributed by atoms with van der Waals surface area (Å²) in [5.41, 5.74) is 0. The molecule has 1 fully saturated rings. The summed E-state index contributed by atoms with van der Waals surface area (Å²) < 4.78 is 25.2. The van der Waals surface area contributed by atoms with Crippen molar-refractivity contribution in [1.82, 2.24) is 9.62 Å². The summed E-state index contributed by atoms with van der Waals surface area (Å²) in [7, 11) is -1.24. The van der Waals surface area contributed by atoms with Gasteiger partial charge in [-0.15, -0.1) is 0 Å². The smallest absolute Gasteiger partial charge is 0.214 e. The Morgan fingerprint density at radius 1 is 1.43 bits per heavy atom. The zero-order valence-corrected chi connectivity index (χ0v) is 9.26. The molecule has 1 aliphatic rings. The van der Waals surface area contributed by atoms with Crippen molar-refractivity contribution in [3.05, 3.63) is 0 Å². The number of aliphatic hydroxyl groups is 1. The highest BCUT2D eigenvalue weighted by Gasteiger charge is 2.21. The van der Waals surface area contributed by atoms with Crippen molar-refractivity contribution in [2.45, 2.75) is 18.9 Å². The van der Waals surface area contributed by atoms with Crippen LogP contribution in [0.4, 0.5) is 0 Å². The third-order valence-electron chi connectivity index (χ3n) is 2.42. The van der Waals surface area contributed by atoms with E-state index in [1.165, 1.54) is 0 Å². The number of aliphatic hydroxyl groups excluding tert-OH is 1. The van der Waals surface area contributed by atoms with Gasteiger partial charge in [0, 0.05) is 6.04 Å². The molecule has 6 heteroatoms. The summed E-state index contributed by atoms with van der Waals surface area (Å²) in [6, 6.07) is 0.0442. The van der Waals surface area contributed by atoms with Crippen LogP contribution in [0.3, 0.4) is 0 Å².